The highest BCUT2D eigenvalue weighted by Gasteiger charge is 2.25. The molecule has 1 unspecified atom stereocenters. The van der Waals surface area contributed by atoms with Crippen molar-refractivity contribution in [3.63, 3.8) is 0 Å². The van der Waals surface area contributed by atoms with Crippen molar-refractivity contribution in [2.24, 2.45) is 5.92 Å². The Morgan fingerprint density at radius 2 is 2.25 bits per heavy atom. The third-order valence-corrected chi connectivity index (χ3v) is 3.18. The molecule has 1 atom stereocenters. The molecule has 0 radical (unpaired) electrons. The van der Waals surface area contributed by atoms with Crippen LogP contribution >= 0.6 is 11.8 Å². The van der Waals surface area contributed by atoms with Gasteiger partial charge in [-0.3, -0.25) is 0 Å². The Hall–Kier alpha value is 0.270. The zero-order valence-electron chi connectivity index (χ0n) is 8.25. The largest absolute Gasteiger partial charge is 0.368 e. The number of hydrogen-bond donors (Lipinski definition) is 0. The average Bonchev–Trinajstić information content (AvgIpc) is 2.01. The van der Waals surface area contributed by atoms with E-state index in [1.165, 1.54) is 19.6 Å². The molecule has 72 valence electrons. The van der Waals surface area contributed by atoms with Gasteiger partial charge in [-0.15, -0.1) is 11.8 Å². The predicted molar refractivity (Wildman–Crippen MR) is 54.5 cm³/mol. The average molecular weight is 189 g/mol. The second-order valence-electron chi connectivity index (χ2n) is 3.35. The van der Waals surface area contributed by atoms with E-state index in [-0.39, 0.29) is 0 Å². The molecular formula is C9H19NOS. The summed E-state index contributed by atoms with van der Waals surface area (Å²) in [6.07, 6.45) is 2.09. The predicted octanol–water partition coefficient (Wildman–Crippen LogP) is 1.66. The van der Waals surface area contributed by atoms with Gasteiger partial charge in [-0.25, -0.2) is 0 Å². The van der Waals surface area contributed by atoms with Crippen molar-refractivity contribution in [2.45, 2.75) is 19.3 Å². The van der Waals surface area contributed by atoms with Crippen molar-refractivity contribution in [1.82, 2.24) is 4.90 Å². The van der Waals surface area contributed by atoms with Crippen LogP contribution in [0.3, 0.4) is 0 Å². The molecule has 1 aliphatic rings. The molecule has 0 aliphatic carbocycles. The summed E-state index contributed by atoms with van der Waals surface area (Å²) in [7, 11) is 0. The standard InChI is InChI=1S/C9H19NOS/c1-4-10-5-9(6-10)7-11-8(2)12-3/h8-9H,4-7H2,1-3H3. The summed E-state index contributed by atoms with van der Waals surface area (Å²) >= 11 is 1.77. The molecule has 0 N–H and O–H groups in total. The molecule has 1 heterocycles. The van der Waals surface area contributed by atoms with E-state index in [4.69, 9.17) is 4.74 Å². The topological polar surface area (TPSA) is 12.5 Å². The summed E-state index contributed by atoms with van der Waals surface area (Å²) in [6.45, 7) is 8.92. The van der Waals surface area contributed by atoms with Crippen LogP contribution in [0.15, 0.2) is 0 Å². The fraction of sp³-hybridized carbons (Fsp3) is 1.00. The summed E-state index contributed by atoms with van der Waals surface area (Å²) in [5, 5.41) is 0. The Labute approximate surface area is 79.6 Å². The minimum absolute atomic E-state index is 0.362. The molecule has 0 aromatic rings. The first kappa shape index (κ1) is 10.4. The van der Waals surface area contributed by atoms with E-state index in [1.807, 2.05) is 0 Å². The number of ether oxygens (including phenoxy) is 1. The van der Waals surface area contributed by atoms with Gasteiger partial charge in [-0.1, -0.05) is 6.92 Å². The number of likely N-dealkylation sites (tertiary alicyclic amines) is 1. The Bertz CT molecular complexity index is 126. The summed E-state index contributed by atoms with van der Waals surface area (Å²) < 4.78 is 5.62. The molecule has 1 aliphatic heterocycles. The quantitative estimate of drug-likeness (QED) is 0.610. The maximum absolute atomic E-state index is 5.62. The zero-order chi connectivity index (χ0) is 8.97. The Morgan fingerprint density at radius 1 is 1.58 bits per heavy atom. The highest BCUT2D eigenvalue weighted by molar-refractivity contribution is 7.99. The minimum Gasteiger partial charge on any atom is -0.368 e. The van der Waals surface area contributed by atoms with Crippen LogP contribution in [-0.2, 0) is 4.74 Å². The molecule has 0 bridgehead atoms. The Balaban J connectivity index is 1.96. The van der Waals surface area contributed by atoms with Crippen LogP contribution in [0.1, 0.15) is 13.8 Å². The number of rotatable bonds is 5. The van der Waals surface area contributed by atoms with Crippen molar-refractivity contribution >= 4 is 11.8 Å². The van der Waals surface area contributed by atoms with Gasteiger partial charge in [0.15, 0.2) is 0 Å². The third-order valence-electron chi connectivity index (χ3n) is 2.38. The van der Waals surface area contributed by atoms with E-state index in [1.54, 1.807) is 11.8 Å². The lowest BCUT2D eigenvalue weighted by molar-refractivity contribution is 0.0128. The number of hydrogen-bond acceptors (Lipinski definition) is 3. The monoisotopic (exact) mass is 189 g/mol. The first-order valence-electron chi connectivity index (χ1n) is 4.63. The first-order valence-corrected chi connectivity index (χ1v) is 5.91. The van der Waals surface area contributed by atoms with Gasteiger partial charge in [0.05, 0.1) is 12.0 Å². The van der Waals surface area contributed by atoms with Gasteiger partial charge < -0.3 is 9.64 Å². The fourth-order valence-corrected chi connectivity index (χ4v) is 1.59. The third kappa shape index (κ3) is 2.96. The lowest BCUT2D eigenvalue weighted by atomic mass is 10.0. The maximum Gasteiger partial charge on any atom is 0.0996 e. The Morgan fingerprint density at radius 3 is 2.75 bits per heavy atom. The SMILES string of the molecule is CCN1CC(COC(C)SC)C1. The molecule has 0 amide bonds. The highest BCUT2D eigenvalue weighted by atomic mass is 32.2. The smallest absolute Gasteiger partial charge is 0.0996 e. The highest BCUT2D eigenvalue weighted by Crippen LogP contribution is 2.17. The summed E-state index contributed by atoms with van der Waals surface area (Å²) in [5.41, 5.74) is 0.362. The van der Waals surface area contributed by atoms with Crippen LogP contribution in [-0.4, -0.2) is 42.8 Å². The van der Waals surface area contributed by atoms with E-state index in [0.29, 0.717) is 5.44 Å². The lowest BCUT2D eigenvalue weighted by Gasteiger charge is -2.38. The number of thioether (sulfide) groups is 1. The van der Waals surface area contributed by atoms with Crippen LogP contribution in [0.2, 0.25) is 0 Å². The van der Waals surface area contributed by atoms with E-state index in [9.17, 15) is 0 Å². The molecule has 12 heavy (non-hydrogen) atoms. The van der Waals surface area contributed by atoms with Gasteiger partial charge in [0.2, 0.25) is 0 Å². The van der Waals surface area contributed by atoms with E-state index >= 15 is 0 Å². The van der Waals surface area contributed by atoms with Crippen molar-refractivity contribution in [1.29, 1.82) is 0 Å². The minimum atomic E-state index is 0.362. The van der Waals surface area contributed by atoms with Gasteiger partial charge in [-0.2, -0.15) is 0 Å². The van der Waals surface area contributed by atoms with Crippen molar-refractivity contribution in [3.8, 4) is 0 Å². The molecule has 2 nitrogen and oxygen atoms in total. The van der Waals surface area contributed by atoms with E-state index in [0.717, 1.165) is 12.5 Å². The molecule has 3 heteroatoms. The molecule has 1 fully saturated rings. The fourth-order valence-electron chi connectivity index (χ4n) is 1.38. The molecule has 0 saturated carbocycles. The van der Waals surface area contributed by atoms with Crippen molar-refractivity contribution in [2.75, 3.05) is 32.5 Å². The molecule has 0 aromatic carbocycles. The van der Waals surface area contributed by atoms with Gasteiger partial charge in [0.1, 0.15) is 0 Å². The van der Waals surface area contributed by atoms with Crippen LogP contribution in [0.5, 0.6) is 0 Å². The van der Waals surface area contributed by atoms with E-state index in [2.05, 4.69) is 25.0 Å². The maximum atomic E-state index is 5.62. The summed E-state index contributed by atoms with van der Waals surface area (Å²) in [4.78, 5) is 2.44. The zero-order valence-corrected chi connectivity index (χ0v) is 9.06. The second-order valence-corrected chi connectivity index (χ2v) is 4.49. The molecule has 1 saturated heterocycles. The summed E-state index contributed by atoms with van der Waals surface area (Å²) in [6, 6.07) is 0. The normalized spacial score (nSPS) is 22.2. The van der Waals surface area contributed by atoms with Crippen LogP contribution in [0, 0.1) is 5.92 Å². The molecule has 0 spiro atoms. The van der Waals surface area contributed by atoms with E-state index < -0.39 is 0 Å². The van der Waals surface area contributed by atoms with Gasteiger partial charge in [0, 0.05) is 19.0 Å². The second kappa shape index (κ2) is 5.10. The number of nitrogens with zero attached hydrogens (tertiary/aromatic N) is 1. The van der Waals surface area contributed by atoms with Gasteiger partial charge >= 0.3 is 0 Å². The van der Waals surface area contributed by atoms with Crippen LogP contribution in [0.25, 0.3) is 0 Å². The van der Waals surface area contributed by atoms with Gasteiger partial charge in [-0.05, 0) is 19.7 Å². The summed E-state index contributed by atoms with van der Waals surface area (Å²) in [5.74, 6) is 0.791. The van der Waals surface area contributed by atoms with Crippen molar-refractivity contribution in [3.05, 3.63) is 0 Å². The van der Waals surface area contributed by atoms with Crippen molar-refractivity contribution < 1.29 is 4.74 Å². The first-order chi connectivity index (χ1) is 5.76. The Kier molecular flexibility index (Phi) is 4.40. The molecule has 0 aromatic heterocycles. The van der Waals surface area contributed by atoms with Gasteiger partial charge in [0.25, 0.3) is 0 Å². The van der Waals surface area contributed by atoms with Crippen LogP contribution < -0.4 is 0 Å². The lowest BCUT2D eigenvalue weighted by Crippen LogP contribution is -2.48. The molecular weight excluding hydrogens is 170 g/mol. The van der Waals surface area contributed by atoms with Crippen LogP contribution in [0.4, 0.5) is 0 Å². The molecule has 1 rings (SSSR count).